The summed E-state index contributed by atoms with van der Waals surface area (Å²) in [7, 11) is 0. The summed E-state index contributed by atoms with van der Waals surface area (Å²) in [6.07, 6.45) is 0.733. The van der Waals surface area contributed by atoms with E-state index >= 15 is 0 Å². The van der Waals surface area contributed by atoms with Gasteiger partial charge in [-0.2, -0.15) is 5.10 Å². The third kappa shape index (κ3) is 5.75. The first-order valence-electron chi connectivity index (χ1n) is 11.0. The maximum absolute atomic E-state index is 12.8. The van der Waals surface area contributed by atoms with Gasteiger partial charge in [-0.25, -0.2) is 0 Å². The second kappa shape index (κ2) is 11.1. The van der Waals surface area contributed by atoms with Crippen molar-refractivity contribution in [2.75, 3.05) is 18.5 Å². The molecule has 7 nitrogen and oxygen atoms in total. The van der Waals surface area contributed by atoms with Crippen LogP contribution in [0.1, 0.15) is 41.2 Å². The SMILES string of the molecule is CCOc1ccccc1NC(=NCCc1c(C)nn(CC)c1C)NC(=O)c1ccccc1. The fraction of sp³-hybridized carbons (Fsp3) is 0.320. The monoisotopic (exact) mass is 433 g/mol. The second-order valence-corrected chi connectivity index (χ2v) is 7.32. The van der Waals surface area contributed by atoms with E-state index in [1.54, 1.807) is 12.1 Å². The van der Waals surface area contributed by atoms with Gasteiger partial charge < -0.3 is 10.1 Å². The smallest absolute Gasteiger partial charge is 0.257 e. The predicted molar refractivity (Wildman–Crippen MR) is 129 cm³/mol. The van der Waals surface area contributed by atoms with Crippen molar-refractivity contribution >= 4 is 17.6 Å². The highest BCUT2D eigenvalue weighted by Gasteiger charge is 2.13. The van der Waals surface area contributed by atoms with Crippen LogP contribution in [0.4, 0.5) is 5.69 Å². The zero-order valence-electron chi connectivity index (χ0n) is 19.2. The highest BCUT2D eigenvalue weighted by atomic mass is 16.5. The molecule has 0 spiro atoms. The molecule has 0 saturated carbocycles. The van der Waals surface area contributed by atoms with Gasteiger partial charge in [-0.3, -0.25) is 19.8 Å². The van der Waals surface area contributed by atoms with Crippen LogP contribution in [0, 0.1) is 13.8 Å². The van der Waals surface area contributed by atoms with Gasteiger partial charge in [0.1, 0.15) is 5.75 Å². The van der Waals surface area contributed by atoms with Crippen LogP contribution in [0.15, 0.2) is 59.6 Å². The number of carbonyl (C=O) groups is 1. The van der Waals surface area contributed by atoms with Crippen molar-refractivity contribution in [2.45, 2.75) is 40.7 Å². The Labute approximate surface area is 189 Å². The maximum Gasteiger partial charge on any atom is 0.257 e. The van der Waals surface area contributed by atoms with Crippen LogP contribution >= 0.6 is 0 Å². The number of para-hydroxylation sites is 2. The van der Waals surface area contributed by atoms with Crippen LogP contribution in [0.2, 0.25) is 0 Å². The van der Waals surface area contributed by atoms with E-state index in [1.807, 2.05) is 61.0 Å². The second-order valence-electron chi connectivity index (χ2n) is 7.32. The predicted octanol–water partition coefficient (Wildman–Crippen LogP) is 4.36. The summed E-state index contributed by atoms with van der Waals surface area (Å²) in [6, 6.07) is 16.7. The summed E-state index contributed by atoms with van der Waals surface area (Å²) in [5, 5.41) is 10.7. The lowest BCUT2D eigenvalue weighted by Gasteiger charge is -2.15. The Bertz CT molecular complexity index is 1070. The largest absolute Gasteiger partial charge is 0.492 e. The van der Waals surface area contributed by atoms with E-state index in [0.29, 0.717) is 30.4 Å². The Balaban J connectivity index is 1.81. The zero-order valence-corrected chi connectivity index (χ0v) is 19.2. The number of aryl methyl sites for hydroxylation is 2. The number of carbonyl (C=O) groups excluding carboxylic acids is 1. The molecule has 0 fully saturated rings. The first kappa shape index (κ1) is 23.1. The first-order chi connectivity index (χ1) is 15.5. The van der Waals surface area contributed by atoms with Gasteiger partial charge in [0.2, 0.25) is 5.96 Å². The number of aromatic nitrogens is 2. The summed E-state index contributed by atoms with van der Waals surface area (Å²) < 4.78 is 7.71. The molecule has 1 heterocycles. The van der Waals surface area contributed by atoms with Gasteiger partial charge in [-0.1, -0.05) is 30.3 Å². The van der Waals surface area contributed by atoms with Gasteiger partial charge in [-0.15, -0.1) is 0 Å². The van der Waals surface area contributed by atoms with E-state index in [1.165, 1.54) is 5.56 Å². The average molecular weight is 434 g/mol. The van der Waals surface area contributed by atoms with Crippen LogP contribution in [-0.2, 0) is 13.0 Å². The topological polar surface area (TPSA) is 80.5 Å². The molecule has 2 N–H and O–H groups in total. The van der Waals surface area contributed by atoms with Crippen molar-refractivity contribution in [3.05, 3.63) is 77.1 Å². The molecule has 0 aliphatic carbocycles. The van der Waals surface area contributed by atoms with Gasteiger partial charge >= 0.3 is 0 Å². The Morgan fingerprint density at radius 1 is 1.06 bits per heavy atom. The number of aliphatic imine (C=N–C) groups is 1. The number of rotatable bonds is 8. The molecule has 2 aromatic carbocycles. The van der Waals surface area contributed by atoms with Crippen molar-refractivity contribution in [1.29, 1.82) is 0 Å². The van der Waals surface area contributed by atoms with Crippen molar-refractivity contribution in [3.8, 4) is 5.75 Å². The molecule has 32 heavy (non-hydrogen) atoms. The molecule has 0 aliphatic heterocycles. The van der Waals surface area contributed by atoms with Crippen molar-refractivity contribution in [1.82, 2.24) is 15.1 Å². The molecule has 3 aromatic rings. The van der Waals surface area contributed by atoms with Crippen LogP contribution in [0.25, 0.3) is 0 Å². The fourth-order valence-electron chi connectivity index (χ4n) is 3.54. The number of hydrogen-bond acceptors (Lipinski definition) is 4. The lowest BCUT2D eigenvalue weighted by Crippen LogP contribution is -2.36. The lowest BCUT2D eigenvalue weighted by molar-refractivity contribution is 0.0977. The number of anilines is 1. The van der Waals surface area contributed by atoms with Gasteiger partial charge in [0.15, 0.2) is 0 Å². The number of nitrogens with zero attached hydrogens (tertiary/aromatic N) is 3. The molecule has 0 saturated heterocycles. The quantitative estimate of drug-likeness (QED) is 0.409. The highest BCUT2D eigenvalue weighted by molar-refractivity contribution is 6.10. The summed E-state index contributed by atoms with van der Waals surface area (Å²) in [5.74, 6) is 0.855. The van der Waals surface area contributed by atoms with Crippen molar-refractivity contribution < 1.29 is 9.53 Å². The van der Waals surface area contributed by atoms with Crippen LogP contribution in [-0.4, -0.2) is 34.8 Å². The standard InChI is InChI=1S/C25H31N5O2/c1-5-30-19(4)21(18(3)29-30)16-17-26-25(28-24(31)20-12-8-7-9-13-20)27-22-14-10-11-15-23(22)32-6-2/h7-15H,5-6,16-17H2,1-4H3,(H2,26,27,28,31). The fourth-order valence-corrected chi connectivity index (χ4v) is 3.54. The Morgan fingerprint density at radius 2 is 1.78 bits per heavy atom. The number of hydrogen-bond donors (Lipinski definition) is 2. The Kier molecular flexibility index (Phi) is 8.02. The summed E-state index contributed by atoms with van der Waals surface area (Å²) in [6.45, 7) is 10.0. The first-order valence-corrected chi connectivity index (χ1v) is 11.0. The Hall–Kier alpha value is -3.61. The lowest BCUT2D eigenvalue weighted by atomic mass is 10.1. The van der Waals surface area contributed by atoms with E-state index in [4.69, 9.17) is 4.74 Å². The number of guanidine groups is 1. The van der Waals surface area contributed by atoms with E-state index < -0.39 is 0 Å². The average Bonchev–Trinajstić information content (AvgIpc) is 3.08. The zero-order chi connectivity index (χ0) is 22.9. The number of amides is 1. The van der Waals surface area contributed by atoms with Crippen molar-refractivity contribution in [3.63, 3.8) is 0 Å². The molecule has 0 unspecified atom stereocenters. The molecule has 0 atom stereocenters. The van der Waals surface area contributed by atoms with Crippen LogP contribution < -0.4 is 15.4 Å². The highest BCUT2D eigenvalue weighted by Crippen LogP contribution is 2.23. The number of benzene rings is 2. The van der Waals surface area contributed by atoms with Gasteiger partial charge in [0.05, 0.1) is 18.0 Å². The number of ether oxygens (including phenoxy) is 1. The maximum atomic E-state index is 12.8. The molecule has 1 aromatic heterocycles. The van der Waals surface area contributed by atoms with Crippen LogP contribution in [0.3, 0.4) is 0 Å². The molecular weight excluding hydrogens is 402 g/mol. The summed E-state index contributed by atoms with van der Waals surface area (Å²) in [5.41, 5.74) is 4.68. The van der Waals surface area contributed by atoms with Gasteiger partial charge in [-0.05, 0) is 63.9 Å². The number of nitrogens with one attached hydrogen (secondary N) is 2. The van der Waals surface area contributed by atoms with Crippen LogP contribution in [0.5, 0.6) is 5.75 Å². The molecule has 1 amide bonds. The van der Waals surface area contributed by atoms with E-state index in [0.717, 1.165) is 30.0 Å². The van der Waals surface area contributed by atoms with E-state index in [2.05, 4.69) is 34.6 Å². The third-order valence-corrected chi connectivity index (χ3v) is 5.17. The molecule has 0 radical (unpaired) electrons. The molecule has 7 heteroatoms. The molecule has 3 rings (SSSR count). The van der Waals surface area contributed by atoms with E-state index in [9.17, 15) is 4.79 Å². The summed E-state index contributed by atoms with van der Waals surface area (Å²) in [4.78, 5) is 17.4. The molecular formula is C25H31N5O2. The minimum atomic E-state index is -0.225. The van der Waals surface area contributed by atoms with Crippen molar-refractivity contribution in [2.24, 2.45) is 4.99 Å². The normalized spacial score (nSPS) is 11.3. The molecule has 168 valence electrons. The molecule has 0 aliphatic rings. The Morgan fingerprint density at radius 3 is 2.47 bits per heavy atom. The molecule has 0 bridgehead atoms. The van der Waals surface area contributed by atoms with Gasteiger partial charge in [0.25, 0.3) is 5.91 Å². The minimum Gasteiger partial charge on any atom is -0.492 e. The summed E-state index contributed by atoms with van der Waals surface area (Å²) >= 11 is 0. The minimum absolute atomic E-state index is 0.225. The van der Waals surface area contributed by atoms with Gasteiger partial charge in [0, 0.05) is 24.3 Å². The van der Waals surface area contributed by atoms with E-state index in [-0.39, 0.29) is 5.91 Å². The third-order valence-electron chi connectivity index (χ3n) is 5.17.